The van der Waals surface area contributed by atoms with Crippen molar-refractivity contribution in [3.63, 3.8) is 0 Å². The Morgan fingerprint density at radius 3 is 2.23 bits per heavy atom. The average Bonchev–Trinajstić information content (AvgIpc) is 2.73. The third kappa shape index (κ3) is 7.74. The zero-order valence-corrected chi connectivity index (χ0v) is 20.8. The highest BCUT2D eigenvalue weighted by molar-refractivity contribution is 8.00. The summed E-state index contributed by atoms with van der Waals surface area (Å²) in [7, 11) is 0. The molecule has 168 valence electrons. The number of nitrogens with zero attached hydrogens (tertiary/aromatic N) is 1. The van der Waals surface area contributed by atoms with Gasteiger partial charge in [0, 0.05) is 33.6 Å². The summed E-state index contributed by atoms with van der Waals surface area (Å²) in [4.78, 5) is 28.8. The fraction of sp³-hybridized carbons (Fsp3) is 0.417. The van der Waals surface area contributed by atoms with E-state index in [-0.39, 0.29) is 24.1 Å². The van der Waals surface area contributed by atoms with Crippen LogP contribution in [0.15, 0.2) is 47.4 Å². The summed E-state index contributed by atoms with van der Waals surface area (Å²) in [5.74, 6) is 0.251. The monoisotopic (exact) mass is 480 g/mol. The summed E-state index contributed by atoms with van der Waals surface area (Å²) >= 11 is 14.2. The van der Waals surface area contributed by atoms with Crippen LogP contribution in [0.5, 0.6) is 0 Å². The first kappa shape index (κ1) is 25.6. The molecule has 0 aliphatic rings. The number of carbonyl (C=O) groups is 2. The van der Waals surface area contributed by atoms with Crippen LogP contribution in [0.4, 0.5) is 0 Å². The molecule has 0 saturated carbocycles. The third-order valence-electron chi connectivity index (χ3n) is 4.84. The Morgan fingerprint density at radius 2 is 1.68 bits per heavy atom. The molecule has 0 aliphatic heterocycles. The van der Waals surface area contributed by atoms with Crippen LogP contribution in [0.3, 0.4) is 0 Å². The van der Waals surface area contributed by atoms with Crippen molar-refractivity contribution in [2.45, 2.75) is 51.6 Å². The number of carbonyl (C=O) groups excluding carboxylic acids is 2. The van der Waals surface area contributed by atoms with Crippen LogP contribution in [0.2, 0.25) is 10.0 Å². The first-order chi connectivity index (χ1) is 14.7. The van der Waals surface area contributed by atoms with E-state index in [1.807, 2.05) is 52.0 Å². The summed E-state index contributed by atoms with van der Waals surface area (Å²) in [6.07, 6.45) is 0.493. The summed E-state index contributed by atoms with van der Waals surface area (Å²) < 4.78 is 0. The number of nitrogens with one attached hydrogen (secondary N) is 1. The molecule has 2 rings (SSSR count). The number of hydrogen-bond donors (Lipinski definition) is 1. The number of rotatable bonds is 10. The molecule has 31 heavy (non-hydrogen) atoms. The molecule has 0 radical (unpaired) electrons. The van der Waals surface area contributed by atoms with E-state index in [0.717, 1.165) is 4.90 Å². The van der Waals surface area contributed by atoms with Crippen molar-refractivity contribution in [3.05, 3.63) is 63.6 Å². The summed E-state index contributed by atoms with van der Waals surface area (Å²) in [5.41, 5.74) is 1.81. The van der Waals surface area contributed by atoms with Gasteiger partial charge in [0.2, 0.25) is 11.8 Å². The molecule has 4 nitrogen and oxygen atoms in total. The Kier molecular flexibility index (Phi) is 10.2. The van der Waals surface area contributed by atoms with E-state index in [9.17, 15) is 9.59 Å². The second-order valence-electron chi connectivity index (χ2n) is 7.89. The second-order valence-corrected chi connectivity index (χ2v) is 9.75. The molecule has 0 unspecified atom stereocenters. The summed E-state index contributed by atoms with van der Waals surface area (Å²) in [6.45, 7) is 8.73. The van der Waals surface area contributed by atoms with E-state index in [1.54, 1.807) is 23.1 Å². The fourth-order valence-corrected chi connectivity index (χ4v) is 4.36. The second kappa shape index (κ2) is 12.4. The van der Waals surface area contributed by atoms with E-state index in [2.05, 4.69) is 5.32 Å². The average molecular weight is 481 g/mol. The van der Waals surface area contributed by atoms with Gasteiger partial charge in [0.05, 0.1) is 5.75 Å². The van der Waals surface area contributed by atoms with Gasteiger partial charge in [-0.3, -0.25) is 9.59 Å². The number of aryl methyl sites for hydroxylation is 1. The quantitative estimate of drug-likeness (QED) is 0.425. The standard InChI is InChI=1S/C24H30Cl2N2O2S/c1-5-22(24(30)27-13-16(2)3)28(14-19-20(25)7-6-8-21(19)26)23(29)15-31-18-11-9-17(4)10-12-18/h6-12,16,22H,5,13-15H2,1-4H3,(H,27,30)/t22-/m1/s1. The first-order valence-corrected chi connectivity index (χ1v) is 12.2. The zero-order chi connectivity index (χ0) is 23.0. The molecular formula is C24H30Cl2N2O2S. The number of benzene rings is 2. The van der Waals surface area contributed by atoms with Gasteiger partial charge in [0.1, 0.15) is 6.04 Å². The van der Waals surface area contributed by atoms with E-state index in [1.165, 1.54) is 17.3 Å². The minimum absolute atomic E-state index is 0.131. The third-order valence-corrected chi connectivity index (χ3v) is 6.55. The Bertz CT molecular complexity index is 867. The topological polar surface area (TPSA) is 49.4 Å². The molecule has 0 spiro atoms. The van der Waals surface area contributed by atoms with Crippen LogP contribution < -0.4 is 5.32 Å². The Morgan fingerprint density at radius 1 is 1.06 bits per heavy atom. The molecule has 7 heteroatoms. The van der Waals surface area contributed by atoms with Crippen molar-refractivity contribution in [1.82, 2.24) is 10.2 Å². The lowest BCUT2D eigenvalue weighted by Crippen LogP contribution is -2.50. The van der Waals surface area contributed by atoms with E-state index < -0.39 is 6.04 Å². The predicted molar refractivity (Wildman–Crippen MR) is 131 cm³/mol. The van der Waals surface area contributed by atoms with E-state index in [0.29, 0.717) is 34.5 Å². The minimum Gasteiger partial charge on any atom is -0.354 e. The molecule has 0 bridgehead atoms. The molecule has 1 atom stereocenters. The van der Waals surface area contributed by atoms with Crippen molar-refractivity contribution >= 4 is 46.8 Å². The van der Waals surface area contributed by atoms with Gasteiger partial charge in [-0.15, -0.1) is 11.8 Å². The lowest BCUT2D eigenvalue weighted by Gasteiger charge is -2.31. The van der Waals surface area contributed by atoms with Gasteiger partial charge in [0.15, 0.2) is 0 Å². The van der Waals surface area contributed by atoms with Gasteiger partial charge < -0.3 is 10.2 Å². The maximum atomic E-state index is 13.3. The van der Waals surface area contributed by atoms with Gasteiger partial charge in [0.25, 0.3) is 0 Å². The van der Waals surface area contributed by atoms with Crippen molar-refractivity contribution in [1.29, 1.82) is 0 Å². The van der Waals surface area contributed by atoms with E-state index in [4.69, 9.17) is 23.2 Å². The highest BCUT2D eigenvalue weighted by Gasteiger charge is 2.29. The zero-order valence-electron chi connectivity index (χ0n) is 18.5. The highest BCUT2D eigenvalue weighted by atomic mass is 35.5. The maximum absolute atomic E-state index is 13.3. The molecule has 2 aromatic carbocycles. The lowest BCUT2D eigenvalue weighted by atomic mass is 10.1. The molecule has 0 heterocycles. The molecule has 0 fully saturated rings. The molecular weight excluding hydrogens is 451 g/mol. The molecule has 1 N–H and O–H groups in total. The predicted octanol–water partition coefficient (Wildman–Crippen LogP) is 5.97. The molecule has 0 aromatic heterocycles. The first-order valence-electron chi connectivity index (χ1n) is 10.4. The number of amides is 2. The summed E-state index contributed by atoms with van der Waals surface area (Å²) in [6, 6.07) is 12.7. The lowest BCUT2D eigenvalue weighted by molar-refractivity contribution is -0.139. The van der Waals surface area contributed by atoms with Crippen LogP contribution in [0.25, 0.3) is 0 Å². The minimum atomic E-state index is -0.600. The Balaban J connectivity index is 2.25. The van der Waals surface area contributed by atoms with Gasteiger partial charge in [-0.05, 0) is 43.5 Å². The van der Waals surface area contributed by atoms with E-state index >= 15 is 0 Å². The fourth-order valence-electron chi connectivity index (χ4n) is 3.06. The van der Waals surface area contributed by atoms with Crippen molar-refractivity contribution in [2.24, 2.45) is 5.92 Å². The van der Waals surface area contributed by atoms with Crippen LogP contribution in [0.1, 0.15) is 38.3 Å². The normalized spacial score (nSPS) is 12.0. The van der Waals surface area contributed by atoms with Crippen LogP contribution >= 0.6 is 35.0 Å². The molecule has 0 aliphatic carbocycles. The Labute approximate surface area is 199 Å². The summed E-state index contributed by atoms with van der Waals surface area (Å²) in [5, 5.41) is 3.92. The van der Waals surface area contributed by atoms with Gasteiger partial charge >= 0.3 is 0 Å². The Hall–Kier alpha value is -1.69. The van der Waals surface area contributed by atoms with Gasteiger partial charge in [-0.1, -0.05) is 67.7 Å². The van der Waals surface area contributed by atoms with Crippen LogP contribution in [-0.4, -0.2) is 35.1 Å². The van der Waals surface area contributed by atoms with Gasteiger partial charge in [-0.25, -0.2) is 0 Å². The molecule has 2 aromatic rings. The number of thioether (sulfide) groups is 1. The molecule has 0 saturated heterocycles. The van der Waals surface area contributed by atoms with Crippen molar-refractivity contribution < 1.29 is 9.59 Å². The van der Waals surface area contributed by atoms with Crippen LogP contribution in [0, 0.1) is 12.8 Å². The molecule has 2 amide bonds. The number of hydrogen-bond acceptors (Lipinski definition) is 3. The largest absolute Gasteiger partial charge is 0.354 e. The smallest absolute Gasteiger partial charge is 0.242 e. The van der Waals surface area contributed by atoms with Crippen LogP contribution in [-0.2, 0) is 16.1 Å². The maximum Gasteiger partial charge on any atom is 0.242 e. The van der Waals surface area contributed by atoms with Gasteiger partial charge in [-0.2, -0.15) is 0 Å². The van der Waals surface area contributed by atoms with Crippen molar-refractivity contribution in [3.8, 4) is 0 Å². The van der Waals surface area contributed by atoms with Crippen molar-refractivity contribution in [2.75, 3.05) is 12.3 Å². The SMILES string of the molecule is CC[C@H](C(=O)NCC(C)C)N(Cc1c(Cl)cccc1Cl)C(=O)CSc1ccc(C)cc1. The highest BCUT2D eigenvalue weighted by Crippen LogP contribution is 2.28. The number of halogens is 2.